The molecule has 1 N–H and O–H groups in total. The zero-order valence-corrected chi connectivity index (χ0v) is 19.5. The third kappa shape index (κ3) is 2.80. The maximum absolute atomic E-state index is 14.5. The maximum Gasteiger partial charge on any atom is 0.257 e. The van der Waals surface area contributed by atoms with E-state index in [4.69, 9.17) is 5.10 Å². The lowest BCUT2D eigenvalue weighted by Gasteiger charge is -2.29. The molecule has 4 aromatic rings. The second-order valence-electron chi connectivity index (χ2n) is 8.48. The molecular weight excluding hydrogens is 444 g/mol. The zero-order valence-electron chi connectivity index (χ0n) is 18.7. The molecule has 168 valence electrons. The van der Waals surface area contributed by atoms with Gasteiger partial charge in [-0.3, -0.25) is 14.5 Å². The van der Waals surface area contributed by atoms with E-state index in [0.717, 1.165) is 28.2 Å². The summed E-state index contributed by atoms with van der Waals surface area (Å²) in [4.78, 5) is 29.5. The maximum atomic E-state index is 14.5. The van der Waals surface area contributed by atoms with Gasteiger partial charge in [-0.15, -0.1) is 11.8 Å². The Bertz CT molecular complexity index is 1430. The lowest BCUT2D eigenvalue weighted by Crippen LogP contribution is -2.38. The van der Waals surface area contributed by atoms with E-state index in [9.17, 15) is 9.59 Å². The van der Waals surface area contributed by atoms with Crippen LogP contribution in [0.2, 0.25) is 0 Å². The lowest BCUT2D eigenvalue weighted by atomic mass is 9.91. The summed E-state index contributed by atoms with van der Waals surface area (Å²) < 4.78 is 0.626. The van der Waals surface area contributed by atoms with Gasteiger partial charge in [-0.05, 0) is 44.2 Å². The first-order valence-corrected chi connectivity index (χ1v) is 12.0. The molecule has 34 heavy (non-hydrogen) atoms. The van der Waals surface area contributed by atoms with Gasteiger partial charge in [0.1, 0.15) is 5.82 Å². The number of nitrogens with one attached hydrogen (secondary N) is 1. The SMILES string of the molecule is Cc1nn(-c2ccccc2)c2c1C1(SC(C)C(=O)N2)C(=O)N(c2ccccc2)c2ccccc21. The summed E-state index contributed by atoms with van der Waals surface area (Å²) in [5, 5.41) is 7.44. The predicted octanol–water partition coefficient (Wildman–Crippen LogP) is 5.18. The minimum Gasteiger partial charge on any atom is -0.309 e. The normalized spacial score (nSPS) is 21.2. The van der Waals surface area contributed by atoms with Crippen molar-refractivity contribution >= 4 is 40.8 Å². The molecule has 0 aliphatic carbocycles. The minimum absolute atomic E-state index is 0.0924. The number of thioether (sulfide) groups is 1. The molecule has 6 nitrogen and oxygen atoms in total. The Morgan fingerprint density at radius 2 is 1.50 bits per heavy atom. The molecule has 3 aromatic carbocycles. The van der Waals surface area contributed by atoms with Crippen LogP contribution in [-0.4, -0.2) is 26.8 Å². The molecule has 3 heterocycles. The number of carbonyl (C=O) groups is 2. The molecule has 2 unspecified atom stereocenters. The van der Waals surface area contributed by atoms with Crippen LogP contribution in [-0.2, 0) is 14.3 Å². The van der Waals surface area contributed by atoms with Crippen molar-refractivity contribution in [3.8, 4) is 5.69 Å². The topological polar surface area (TPSA) is 67.2 Å². The molecule has 6 rings (SSSR count). The van der Waals surface area contributed by atoms with E-state index in [1.165, 1.54) is 11.8 Å². The van der Waals surface area contributed by atoms with Crippen LogP contribution in [0.4, 0.5) is 17.2 Å². The Labute approximate surface area is 201 Å². The number of hydrogen-bond donors (Lipinski definition) is 1. The van der Waals surface area contributed by atoms with E-state index in [1.54, 1.807) is 9.58 Å². The van der Waals surface area contributed by atoms with Crippen LogP contribution in [0, 0.1) is 6.92 Å². The number of benzene rings is 3. The fourth-order valence-electron chi connectivity index (χ4n) is 4.95. The summed E-state index contributed by atoms with van der Waals surface area (Å²) in [7, 11) is 0. The number of fused-ring (bicyclic) bond motifs is 4. The number of aryl methyl sites for hydroxylation is 1. The first-order valence-electron chi connectivity index (χ1n) is 11.2. The lowest BCUT2D eigenvalue weighted by molar-refractivity contribution is -0.118. The number of hydrogen-bond acceptors (Lipinski definition) is 4. The molecule has 1 spiro atoms. The Hall–Kier alpha value is -3.84. The Morgan fingerprint density at radius 3 is 2.21 bits per heavy atom. The number of rotatable bonds is 2. The largest absolute Gasteiger partial charge is 0.309 e. The molecule has 0 radical (unpaired) electrons. The number of nitrogens with zero attached hydrogens (tertiary/aromatic N) is 3. The Kier molecular flexibility index (Phi) is 4.64. The van der Waals surface area contributed by atoms with Gasteiger partial charge in [-0.2, -0.15) is 5.10 Å². The molecule has 2 amide bonds. The Morgan fingerprint density at radius 1 is 0.882 bits per heavy atom. The van der Waals surface area contributed by atoms with E-state index < -0.39 is 10.00 Å². The van der Waals surface area contributed by atoms with Gasteiger partial charge in [0.15, 0.2) is 4.75 Å². The molecule has 1 aromatic heterocycles. The summed E-state index contributed by atoms with van der Waals surface area (Å²) in [6.07, 6.45) is 0. The van der Waals surface area contributed by atoms with Crippen molar-refractivity contribution in [3.05, 3.63) is 102 Å². The Balaban J connectivity index is 1.67. The summed E-state index contributed by atoms with van der Waals surface area (Å²) in [5.41, 5.74) is 4.75. The molecule has 0 saturated heterocycles. The van der Waals surface area contributed by atoms with E-state index in [0.29, 0.717) is 11.5 Å². The van der Waals surface area contributed by atoms with Gasteiger partial charge >= 0.3 is 0 Å². The number of para-hydroxylation sites is 3. The van der Waals surface area contributed by atoms with Gasteiger partial charge in [0.2, 0.25) is 5.91 Å². The highest BCUT2D eigenvalue weighted by Gasteiger charge is 2.58. The second kappa shape index (κ2) is 7.60. The van der Waals surface area contributed by atoms with E-state index in [2.05, 4.69) is 5.32 Å². The second-order valence-corrected chi connectivity index (χ2v) is 10.0. The highest BCUT2D eigenvalue weighted by molar-refractivity contribution is 8.02. The third-order valence-corrected chi connectivity index (χ3v) is 7.94. The van der Waals surface area contributed by atoms with Crippen molar-refractivity contribution in [1.29, 1.82) is 0 Å². The first-order chi connectivity index (χ1) is 16.5. The molecule has 0 bridgehead atoms. The number of aromatic nitrogens is 2. The van der Waals surface area contributed by atoms with Crippen molar-refractivity contribution in [2.45, 2.75) is 23.8 Å². The van der Waals surface area contributed by atoms with Crippen LogP contribution in [0.1, 0.15) is 23.7 Å². The van der Waals surface area contributed by atoms with Gasteiger partial charge in [0, 0.05) is 16.8 Å². The van der Waals surface area contributed by atoms with Crippen LogP contribution >= 0.6 is 11.8 Å². The summed E-state index contributed by atoms with van der Waals surface area (Å²) in [6.45, 7) is 3.76. The smallest absolute Gasteiger partial charge is 0.257 e. The van der Waals surface area contributed by atoms with Gasteiger partial charge in [-0.25, -0.2) is 4.68 Å². The van der Waals surface area contributed by atoms with Gasteiger partial charge in [-0.1, -0.05) is 54.6 Å². The highest BCUT2D eigenvalue weighted by Crippen LogP contribution is 2.59. The molecule has 0 fully saturated rings. The van der Waals surface area contributed by atoms with Crippen LogP contribution in [0.3, 0.4) is 0 Å². The fraction of sp³-hybridized carbons (Fsp3) is 0.148. The minimum atomic E-state index is -1.11. The number of carbonyl (C=O) groups excluding carboxylic acids is 2. The van der Waals surface area contributed by atoms with Crippen LogP contribution in [0.25, 0.3) is 5.69 Å². The quantitative estimate of drug-likeness (QED) is 0.442. The molecule has 7 heteroatoms. The van der Waals surface area contributed by atoms with Gasteiger partial charge < -0.3 is 5.32 Å². The van der Waals surface area contributed by atoms with E-state index in [-0.39, 0.29) is 11.8 Å². The monoisotopic (exact) mass is 466 g/mol. The van der Waals surface area contributed by atoms with Crippen molar-refractivity contribution in [2.24, 2.45) is 0 Å². The van der Waals surface area contributed by atoms with Crippen LogP contribution < -0.4 is 10.2 Å². The average Bonchev–Trinajstić information content (AvgIpc) is 3.27. The van der Waals surface area contributed by atoms with E-state index in [1.807, 2.05) is 98.8 Å². The average molecular weight is 467 g/mol. The molecular formula is C27H22N4O2S. The van der Waals surface area contributed by atoms with Crippen molar-refractivity contribution in [1.82, 2.24) is 9.78 Å². The van der Waals surface area contributed by atoms with Crippen LogP contribution in [0.15, 0.2) is 84.9 Å². The number of anilines is 3. The summed E-state index contributed by atoms with van der Waals surface area (Å²) in [5.74, 6) is 0.303. The fourth-order valence-corrected chi connectivity index (χ4v) is 6.50. The zero-order chi connectivity index (χ0) is 23.4. The molecule has 0 saturated carbocycles. The molecule has 2 aliphatic heterocycles. The molecule has 2 atom stereocenters. The standard InChI is InChI=1S/C27H22N4O2S/c1-17-23-24(31(29-17)20-13-7-4-8-14-20)28-25(32)18(2)34-27(23)21-15-9-10-16-22(21)30(26(27)33)19-11-5-3-6-12-19/h3-16,18H,1-2H3,(H,28,32). The summed E-state index contributed by atoms with van der Waals surface area (Å²) >= 11 is 1.38. The first kappa shape index (κ1) is 20.7. The van der Waals surface area contributed by atoms with E-state index >= 15 is 0 Å². The van der Waals surface area contributed by atoms with Crippen molar-refractivity contribution in [2.75, 3.05) is 10.2 Å². The van der Waals surface area contributed by atoms with Crippen molar-refractivity contribution in [3.63, 3.8) is 0 Å². The predicted molar refractivity (Wildman–Crippen MR) is 135 cm³/mol. The highest BCUT2D eigenvalue weighted by atomic mass is 32.2. The number of amides is 2. The van der Waals surface area contributed by atoms with Crippen molar-refractivity contribution < 1.29 is 9.59 Å². The van der Waals surface area contributed by atoms with Gasteiger partial charge in [0.05, 0.1) is 22.3 Å². The third-order valence-electron chi connectivity index (χ3n) is 6.42. The van der Waals surface area contributed by atoms with Gasteiger partial charge in [0.25, 0.3) is 5.91 Å². The summed E-state index contributed by atoms with van der Waals surface area (Å²) in [6, 6.07) is 27.2. The molecule has 2 aliphatic rings. The van der Waals surface area contributed by atoms with Crippen LogP contribution in [0.5, 0.6) is 0 Å².